The quantitative estimate of drug-likeness (QED) is 0.841. The number of amides is 1. The molecular formula is C19H26N2O2. The fraction of sp³-hybridized carbons (Fsp3) is 0.632. The van der Waals surface area contributed by atoms with Gasteiger partial charge in [-0.05, 0) is 37.8 Å². The van der Waals surface area contributed by atoms with Gasteiger partial charge in [0.25, 0.3) is 0 Å². The highest BCUT2D eigenvalue weighted by Crippen LogP contribution is 2.36. The fourth-order valence-electron chi connectivity index (χ4n) is 4.47. The summed E-state index contributed by atoms with van der Waals surface area (Å²) in [5.74, 6) is 0.875. The SMILES string of the molecule is O=C([C@@H]1CCO[C@@H]2CCN(c3ccccc3)C[C@H]21)N1CCCC1. The van der Waals surface area contributed by atoms with Crippen LogP contribution >= 0.6 is 0 Å². The van der Waals surface area contributed by atoms with E-state index in [2.05, 4.69) is 40.1 Å². The number of carbonyl (C=O) groups is 1. The molecule has 0 bridgehead atoms. The summed E-state index contributed by atoms with van der Waals surface area (Å²) in [4.78, 5) is 17.5. The average Bonchev–Trinajstić information content (AvgIpc) is 3.15. The number of nitrogens with zero attached hydrogens (tertiary/aromatic N) is 2. The number of hydrogen-bond donors (Lipinski definition) is 0. The molecule has 3 aliphatic heterocycles. The monoisotopic (exact) mass is 314 g/mol. The van der Waals surface area contributed by atoms with Crippen LogP contribution in [-0.4, -0.2) is 49.7 Å². The molecule has 0 saturated carbocycles. The van der Waals surface area contributed by atoms with E-state index in [0.717, 1.165) is 45.6 Å². The molecule has 4 heteroatoms. The van der Waals surface area contributed by atoms with Gasteiger partial charge in [0.05, 0.1) is 6.10 Å². The van der Waals surface area contributed by atoms with Crippen molar-refractivity contribution in [2.24, 2.45) is 11.8 Å². The first-order valence-electron chi connectivity index (χ1n) is 9.03. The molecule has 0 radical (unpaired) electrons. The highest BCUT2D eigenvalue weighted by atomic mass is 16.5. The first kappa shape index (κ1) is 15.0. The Bertz CT molecular complexity index is 542. The van der Waals surface area contributed by atoms with Gasteiger partial charge >= 0.3 is 0 Å². The van der Waals surface area contributed by atoms with E-state index in [-0.39, 0.29) is 12.0 Å². The van der Waals surface area contributed by atoms with E-state index >= 15 is 0 Å². The molecule has 4 rings (SSSR count). The molecule has 0 spiro atoms. The van der Waals surface area contributed by atoms with E-state index < -0.39 is 0 Å². The molecule has 124 valence electrons. The molecule has 3 aliphatic rings. The van der Waals surface area contributed by atoms with Gasteiger partial charge in [0.1, 0.15) is 0 Å². The summed E-state index contributed by atoms with van der Waals surface area (Å²) < 4.78 is 6.01. The molecule has 0 unspecified atom stereocenters. The van der Waals surface area contributed by atoms with Gasteiger partial charge in [0.15, 0.2) is 0 Å². The van der Waals surface area contributed by atoms with Crippen LogP contribution in [0.15, 0.2) is 30.3 Å². The Kier molecular flexibility index (Phi) is 4.25. The van der Waals surface area contributed by atoms with E-state index in [1.807, 2.05) is 0 Å². The third-order valence-corrected chi connectivity index (χ3v) is 5.73. The van der Waals surface area contributed by atoms with Crippen molar-refractivity contribution in [2.45, 2.75) is 31.8 Å². The van der Waals surface area contributed by atoms with Gasteiger partial charge in [-0.1, -0.05) is 18.2 Å². The summed E-state index contributed by atoms with van der Waals surface area (Å²) in [7, 11) is 0. The van der Waals surface area contributed by atoms with Crippen LogP contribution in [0.2, 0.25) is 0 Å². The Morgan fingerprint density at radius 1 is 1.04 bits per heavy atom. The molecule has 3 fully saturated rings. The van der Waals surface area contributed by atoms with Crippen LogP contribution in [-0.2, 0) is 9.53 Å². The smallest absolute Gasteiger partial charge is 0.226 e. The zero-order valence-corrected chi connectivity index (χ0v) is 13.7. The standard InChI is InChI=1S/C19H26N2O2/c22-19(20-10-4-5-11-20)16-9-13-23-18-8-12-21(14-17(16)18)15-6-2-1-3-7-15/h1-3,6-7,16-18H,4-5,8-14H2/t16-,17+,18-/m1/s1. The third kappa shape index (κ3) is 2.97. The maximum Gasteiger partial charge on any atom is 0.226 e. The molecule has 0 N–H and O–H groups in total. The number of benzene rings is 1. The molecule has 3 atom stereocenters. The van der Waals surface area contributed by atoms with Crippen LogP contribution in [0, 0.1) is 11.8 Å². The van der Waals surface area contributed by atoms with Crippen LogP contribution in [0.5, 0.6) is 0 Å². The van der Waals surface area contributed by atoms with Gasteiger partial charge in [0, 0.05) is 50.3 Å². The number of likely N-dealkylation sites (tertiary alicyclic amines) is 1. The Morgan fingerprint density at radius 3 is 2.61 bits per heavy atom. The van der Waals surface area contributed by atoms with Gasteiger partial charge < -0.3 is 14.5 Å². The largest absolute Gasteiger partial charge is 0.378 e. The van der Waals surface area contributed by atoms with Crippen molar-refractivity contribution in [3.05, 3.63) is 30.3 Å². The predicted octanol–water partition coefficient (Wildman–Crippen LogP) is 2.54. The van der Waals surface area contributed by atoms with Crippen molar-refractivity contribution in [3.8, 4) is 0 Å². The Morgan fingerprint density at radius 2 is 1.83 bits per heavy atom. The van der Waals surface area contributed by atoms with Crippen LogP contribution < -0.4 is 4.90 Å². The molecule has 3 heterocycles. The van der Waals surface area contributed by atoms with Crippen molar-refractivity contribution in [1.82, 2.24) is 4.90 Å². The average molecular weight is 314 g/mol. The van der Waals surface area contributed by atoms with Crippen molar-refractivity contribution in [1.29, 1.82) is 0 Å². The number of para-hydroxylation sites is 1. The topological polar surface area (TPSA) is 32.8 Å². The molecule has 0 aromatic heterocycles. The Hall–Kier alpha value is -1.55. The van der Waals surface area contributed by atoms with Gasteiger partial charge in [0.2, 0.25) is 5.91 Å². The molecular weight excluding hydrogens is 288 g/mol. The number of rotatable bonds is 2. The summed E-state index contributed by atoms with van der Waals surface area (Å²) in [5.41, 5.74) is 1.27. The van der Waals surface area contributed by atoms with Crippen molar-refractivity contribution < 1.29 is 9.53 Å². The lowest BCUT2D eigenvalue weighted by molar-refractivity contribution is -0.146. The summed E-state index contributed by atoms with van der Waals surface area (Å²) in [6.07, 6.45) is 4.51. The number of fused-ring (bicyclic) bond motifs is 1. The second kappa shape index (κ2) is 6.52. The van der Waals surface area contributed by atoms with Crippen molar-refractivity contribution in [2.75, 3.05) is 37.7 Å². The normalized spacial score (nSPS) is 31.0. The van der Waals surface area contributed by atoms with Gasteiger partial charge in [-0.3, -0.25) is 4.79 Å². The highest BCUT2D eigenvalue weighted by Gasteiger charge is 2.43. The van der Waals surface area contributed by atoms with Crippen LogP contribution in [0.1, 0.15) is 25.7 Å². The molecule has 23 heavy (non-hydrogen) atoms. The van der Waals surface area contributed by atoms with E-state index in [0.29, 0.717) is 11.8 Å². The summed E-state index contributed by atoms with van der Waals surface area (Å²) in [6, 6.07) is 10.6. The summed E-state index contributed by atoms with van der Waals surface area (Å²) in [5, 5.41) is 0. The van der Waals surface area contributed by atoms with Gasteiger partial charge in [-0.25, -0.2) is 0 Å². The minimum atomic E-state index is 0.151. The van der Waals surface area contributed by atoms with E-state index in [4.69, 9.17) is 4.74 Å². The lowest BCUT2D eigenvalue weighted by Crippen LogP contribution is -2.53. The van der Waals surface area contributed by atoms with Crippen molar-refractivity contribution >= 4 is 11.6 Å². The van der Waals surface area contributed by atoms with Crippen molar-refractivity contribution in [3.63, 3.8) is 0 Å². The number of piperidine rings is 1. The Balaban J connectivity index is 1.51. The minimum absolute atomic E-state index is 0.151. The zero-order valence-electron chi connectivity index (χ0n) is 13.7. The first-order chi connectivity index (χ1) is 11.3. The first-order valence-corrected chi connectivity index (χ1v) is 9.03. The summed E-state index contributed by atoms with van der Waals surface area (Å²) in [6.45, 7) is 4.62. The molecule has 1 amide bonds. The maximum atomic E-state index is 13.0. The lowest BCUT2D eigenvalue weighted by Gasteiger charge is -2.46. The number of hydrogen-bond acceptors (Lipinski definition) is 3. The Labute approximate surface area is 138 Å². The van der Waals surface area contributed by atoms with Crippen LogP contribution in [0.3, 0.4) is 0 Å². The molecule has 1 aromatic rings. The second-order valence-electron chi connectivity index (χ2n) is 7.07. The fourth-order valence-corrected chi connectivity index (χ4v) is 4.47. The van der Waals surface area contributed by atoms with E-state index in [9.17, 15) is 4.79 Å². The predicted molar refractivity (Wildman–Crippen MR) is 90.4 cm³/mol. The number of ether oxygens (including phenoxy) is 1. The number of anilines is 1. The molecule has 3 saturated heterocycles. The van der Waals surface area contributed by atoms with E-state index in [1.54, 1.807) is 0 Å². The minimum Gasteiger partial charge on any atom is -0.378 e. The number of carbonyl (C=O) groups excluding carboxylic acids is 1. The zero-order chi connectivity index (χ0) is 15.6. The summed E-state index contributed by atoms with van der Waals surface area (Å²) >= 11 is 0. The van der Waals surface area contributed by atoms with Gasteiger partial charge in [-0.2, -0.15) is 0 Å². The molecule has 1 aromatic carbocycles. The van der Waals surface area contributed by atoms with Crippen LogP contribution in [0.4, 0.5) is 5.69 Å². The third-order valence-electron chi connectivity index (χ3n) is 5.73. The van der Waals surface area contributed by atoms with E-state index in [1.165, 1.54) is 18.5 Å². The highest BCUT2D eigenvalue weighted by molar-refractivity contribution is 5.79. The van der Waals surface area contributed by atoms with Crippen LogP contribution in [0.25, 0.3) is 0 Å². The molecule has 0 aliphatic carbocycles. The molecule has 4 nitrogen and oxygen atoms in total. The maximum absolute atomic E-state index is 13.0. The second-order valence-corrected chi connectivity index (χ2v) is 7.07. The lowest BCUT2D eigenvalue weighted by atomic mass is 9.78. The van der Waals surface area contributed by atoms with Gasteiger partial charge in [-0.15, -0.1) is 0 Å².